The summed E-state index contributed by atoms with van der Waals surface area (Å²) in [5, 5.41) is 5.51. The van der Waals surface area contributed by atoms with E-state index in [2.05, 4.69) is 5.10 Å². The van der Waals surface area contributed by atoms with Gasteiger partial charge in [-0.3, -0.25) is 9.59 Å². The van der Waals surface area contributed by atoms with E-state index < -0.39 is 21.8 Å². The van der Waals surface area contributed by atoms with Crippen molar-refractivity contribution in [2.45, 2.75) is 31.1 Å². The Morgan fingerprint density at radius 2 is 1.60 bits per heavy atom. The van der Waals surface area contributed by atoms with Gasteiger partial charge in [-0.05, 0) is 44.0 Å². The van der Waals surface area contributed by atoms with Gasteiger partial charge in [0.2, 0.25) is 10.0 Å². The Balaban J connectivity index is 1.54. The van der Waals surface area contributed by atoms with Gasteiger partial charge in [-0.2, -0.15) is 14.4 Å². The number of ketones is 1. The Labute approximate surface area is 176 Å². The number of carbonyl (C=O) groups is 2. The summed E-state index contributed by atoms with van der Waals surface area (Å²) in [6, 6.07) is 14.8. The van der Waals surface area contributed by atoms with Crippen LogP contribution in [0.25, 0.3) is 0 Å². The first-order valence-corrected chi connectivity index (χ1v) is 11.4. The predicted molar refractivity (Wildman–Crippen MR) is 114 cm³/mol. The Morgan fingerprint density at radius 1 is 0.967 bits per heavy atom. The van der Waals surface area contributed by atoms with Crippen LogP contribution >= 0.6 is 0 Å². The summed E-state index contributed by atoms with van der Waals surface area (Å²) in [5.74, 6) is -1.80. The zero-order valence-electron chi connectivity index (χ0n) is 16.7. The lowest BCUT2D eigenvalue weighted by molar-refractivity contribution is -0.118. The van der Waals surface area contributed by atoms with Crippen LogP contribution in [0.2, 0.25) is 0 Å². The predicted octanol–water partition coefficient (Wildman–Crippen LogP) is 3.08. The zero-order valence-corrected chi connectivity index (χ0v) is 17.5. The van der Waals surface area contributed by atoms with Crippen LogP contribution in [-0.2, 0) is 14.8 Å². The Hall–Kier alpha value is -2.84. The summed E-state index contributed by atoms with van der Waals surface area (Å²) in [6.45, 7) is 2.69. The smallest absolute Gasteiger partial charge is 0.264 e. The number of benzene rings is 2. The van der Waals surface area contributed by atoms with Gasteiger partial charge in [0.15, 0.2) is 5.78 Å². The third kappa shape index (κ3) is 3.68. The van der Waals surface area contributed by atoms with Crippen molar-refractivity contribution in [3.05, 3.63) is 60.2 Å². The van der Waals surface area contributed by atoms with E-state index in [1.807, 2.05) is 6.07 Å². The van der Waals surface area contributed by atoms with Gasteiger partial charge in [-0.1, -0.05) is 36.8 Å². The number of rotatable bonds is 5. The average Bonchev–Trinajstić information content (AvgIpc) is 3.08. The number of carbonyl (C=O) groups excluding carboxylic acids is 2. The van der Waals surface area contributed by atoms with Gasteiger partial charge in [0.25, 0.3) is 5.91 Å². The van der Waals surface area contributed by atoms with Crippen LogP contribution < -0.4 is 5.01 Å². The van der Waals surface area contributed by atoms with Crippen molar-refractivity contribution >= 4 is 33.1 Å². The summed E-state index contributed by atoms with van der Waals surface area (Å²) in [6.07, 6.45) is 2.75. The fourth-order valence-corrected chi connectivity index (χ4v) is 5.35. The van der Waals surface area contributed by atoms with E-state index in [0.29, 0.717) is 24.5 Å². The van der Waals surface area contributed by atoms with Gasteiger partial charge in [-0.25, -0.2) is 8.42 Å². The molecule has 2 aliphatic heterocycles. The Kier molecular flexibility index (Phi) is 5.53. The first kappa shape index (κ1) is 20.4. The summed E-state index contributed by atoms with van der Waals surface area (Å²) < 4.78 is 27.1. The van der Waals surface area contributed by atoms with Crippen LogP contribution in [-0.4, -0.2) is 43.2 Å². The fourth-order valence-electron chi connectivity index (χ4n) is 3.83. The second-order valence-corrected chi connectivity index (χ2v) is 9.45. The summed E-state index contributed by atoms with van der Waals surface area (Å²) >= 11 is 0. The molecule has 0 saturated carbocycles. The van der Waals surface area contributed by atoms with E-state index in [0.717, 1.165) is 19.3 Å². The highest BCUT2D eigenvalue weighted by Gasteiger charge is 2.40. The molecule has 1 atom stereocenters. The van der Waals surface area contributed by atoms with Gasteiger partial charge in [0.1, 0.15) is 5.92 Å². The van der Waals surface area contributed by atoms with Crippen LogP contribution in [0.1, 0.15) is 36.5 Å². The Bertz CT molecular complexity index is 1090. The maximum Gasteiger partial charge on any atom is 0.264 e. The third-order valence-electron chi connectivity index (χ3n) is 5.49. The van der Waals surface area contributed by atoms with Gasteiger partial charge < -0.3 is 0 Å². The number of sulfonamides is 1. The first-order valence-electron chi connectivity index (χ1n) is 9.98. The highest BCUT2D eigenvalue weighted by atomic mass is 32.2. The van der Waals surface area contributed by atoms with E-state index >= 15 is 0 Å². The lowest BCUT2D eigenvalue weighted by Gasteiger charge is -2.25. The molecule has 0 aliphatic carbocycles. The molecule has 2 aromatic rings. The minimum absolute atomic E-state index is 0.162. The first-order chi connectivity index (χ1) is 14.4. The van der Waals surface area contributed by atoms with E-state index in [1.165, 1.54) is 33.6 Å². The van der Waals surface area contributed by atoms with Crippen molar-refractivity contribution in [2.75, 3.05) is 18.1 Å². The lowest BCUT2D eigenvalue weighted by atomic mass is 9.94. The highest BCUT2D eigenvalue weighted by molar-refractivity contribution is 7.89. The maximum atomic E-state index is 13.0. The topological polar surface area (TPSA) is 87.1 Å². The molecule has 30 heavy (non-hydrogen) atoms. The number of nitrogens with zero attached hydrogens (tertiary/aromatic N) is 3. The minimum atomic E-state index is -3.57. The number of hydrogen-bond donors (Lipinski definition) is 0. The average molecular weight is 426 g/mol. The van der Waals surface area contributed by atoms with Crippen molar-refractivity contribution < 1.29 is 18.0 Å². The second kappa shape index (κ2) is 8.12. The summed E-state index contributed by atoms with van der Waals surface area (Å²) in [4.78, 5) is 26.0. The molecule has 0 radical (unpaired) electrons. The fraction of sp³-hybridized carbons (Fsp3) is 0.318. The quantitative estimate of drug-likeness (QED) is 0.544. The molecule has 0 spiro atoms. The molecule has 2 heterocycles. The van der Waals surface area contributed by atoms with Gasteiger partial charge in [0.05, 0.1) is 16.3 Å². The van der Waals surface area contributed by atoms with Crippen molar-refractivity contribution in [2.24, 2.45) is 11.0 Å². The van der Waals surface area contributed by atoms with Gasteiger partial charge in [0, 0.05) is 18.7 Å². The molecule has 2 aromatic carbocycles. The van der Waals surface area contributed by atoms with Crippen LogP contribution in [0.4, 0.5) is 5.69 Å². The molecule has 0 aromatic heterocycles. The van der Waals surface area contributed by atoms with Crippen molar-refractivity contribution in [3.63, 3.8) is 0 Å². The molecule has 8 heteroatoms. The summed E-state index contributed by atoms with van der Waals surface area (Å²) in [5.41, 5.74) is 1.30. The third-order valence-corrected chi connectivity index (χ3v) is 7.40. The number of anilines is 1. The molecular formula is C22H23N3O4S. The number of hydrazone groups is 1. The van der Waals surface area contributed by atoms with Crippen molar-refractivity contribution in [1.82, 2.24) is 4.31 Å². The number of Topliss-reactive ketones (excluding diaryl/α,β-unsaturated/α-hetero) is 1. The normalized spacial score (nSPS) is 20.3. The minimum Gasteiger partial charge on any atom is -0.293 e. The van der Waals surface area contributed by atoms with Gasteiger partial charge in [-0.15, -0.1) is 0 Å². The van der Waals surface area contributed by atoms with Crippen molar-refractivity contribution in [3.8, 4) is 0 Å². The second-order valence-electron chi connectivity index (χ2n) is 7.51. The molecule has 0 bridgehead atoms. The largest absolute Gasteiger partial charge is 0.293 e. The van der Waals surface area contributed by atoms with Gasteiger partial charge >= 0.3 is 0 Å². The van der Waals surface area contributed by atoms with Crippen LogP contribution in [0.5, 0.6) is 0 Å². The molecule has 1 saturated heterocycles. The van der Waals surface area contributed by atoms with E-state index in [-0.39, 0.29) is 16.2 Å². The van der Waals surface area contributed by atoms with E-state index in [1.54, 1.807) is 31.2 Å². The molecule has 1 fully saturated rings. The standard InChI is InChI=1S/C22H23N3O4S/c1-16-20(22(27)25(23-16)18-8-4-2-5-9-18)21(26)17-10-12-19(13-11-17)30(28,29)24-14-6-3-7-15-24/h2,4-5,8-13,20H,3,6-7,14-15H2,1H3/t20-/m1/s1. The summed E-state index contributed by atoms with van der Waals surface area (Å²) in [7, 11) is -3.57. The molecule has 2 aliphatic rings. The van der Waals surface area contributed by atoms with Crippen LogP contribution in [0.3, 0.4) is 0 Å². The zero-order chi connectivity index (χ0) is 21.3. The number of hydrogen-bond acceptors (Lipinski definition) is 5. The monoisotopic (exact) mass is 425 g/mol. The molecule has 4 rings (SSSR count). The molecule has 1 amide bonds. The van der Waals surface area contributed by atoms with Crippen molar-refractivity contribution in [1.29, 1.82) is 0 Å². The molecule has 7 nitrogen and oxygen atoms in total. The Morgan fingerprint density at radius 3 is 2.23 bits per heavy atom. The van der Waals surface area contributed by atoms with E-state index in [4.69, 9.17) is 0 Å². The molecule has 0 N–H and O–H groups in total. The van der Waals surface area contributed by atoms with Crippen LogP contribution in [0, 0.1) is 5.92 Å². The number of para-hydroxylation sites is 1. The highest BCUT2D eigenvalue weighted by Crippen LogP contribution is 2.27. The van der Waals surface area contributed by atoms with E-state index in [9.17, 15) is 18.0 Å². The number of amides is 1. The number of piperidine rings is 1. The SMILES string of the molecule is CC1=NN(c2ccccc2)C(=O)[C@H]1C(=O)c1ccc(S(=O)(=O)N2CCCCC2)cc1. The maximum absolute atomic E-state index is 13.0. The van der Waals surface area contributed by atoms with Crippen LogP contribution in [0.15, 0.2) is 64.6 Å². The molecule has 0 unspecified atom stereocenters. The lowest BCUT2D eigenvalue weighted by Crippen LogP contribution is -2.35. The molecular weight excluding hydrogens is 402 g/mol. The molecule has 156 valence electrons.